The number of nitrogens with one attached hydrogen (secondary N) is 2. The lowest BCUT2D eigenvalue weighted by atomic mass is 10.2. The maximum atomic E-state index is 12.7. The zero-order chi connectivity index (χ0) is 19.1. The molecule has 0 atom stereocenters. The third kappa shape index (κ3) is 4.36. The van der Waals surface area contributed by atoms with Crippen LogP contribution in [-0.4, -0.2) is 13.7 Å². The fourth-order valence-electron chi connectivity index (χ4n) is 2.26. The summed E-state index contributed by atoms with van der Waals surface area (Å²) < 4.78 is 65.0. The highest BCUT2D eigenvalue weighted by Gasteiger charge is 2.36. The van der Waals surface area contributed by atoms with Crippen molar-refractivity contribution in [2.75, 3.05) is 10.0 Å². The minimum Gasteiger partial charge on any atom is -0.353 e. The van der Waals surface area contributed by atoms with E-state index >= 15 is 0 Å². The lowest BCUT2D eigenvalue weighted by molar-refractivity contribution is -0.137. The highest BCUT2D eigenvalue weighted by atomic mass is 35.5. The second kappa shape index (κ2) is 6.83. The van der Waals surface area contributed by atoms with E-state index in [0.717, 1.165) is 12.1 Å². The fraction of sp³-hybridized carbons (Fsp3) is 0.250. The molecule has 2 aromatic carbocycles. The van der Waals surface area contributed by atoms with Gasteiger partial charge in [0.05, 0.1) is 32.9 Å². The summed E-state index contributed by atoms with van der Waals surface area (Å²) in [4.78, 5) is 0. The molecule has 2 aromatic rings. The van der Waals surface area contributed by atoms with Crippen molar-refractivity contribution in [1.82, 2.24) is 0 Å². The lowest BCUT2D eigenvalue weighted by Gasteiger charge is -2.16. The van der Waals surface area contributed by atoms with Crippen molar-refractivity contribution in [2.45, 2.75) is 24.3 Å². The SMILES string of the molecule is O=S(=O)(Nc1cc(Cl)ccc1Nc1ccc(C(F)(F)F)cc1Cl)C1CC1. The predicted molar refractivity (Wildman–Crippen MR) is 96.8 cm³/mol. The van der Waals surface area contributed by atoms with Crippen LogP contribution in [0.1, 0.15) is 18.4 Å². The Bertz CT molecular complexity index is 945. The molecule has 1 saturated carbocycles. The van der Waals surface area contributed by atoms with Crippen LogP contribution in [0.2, 0.25) is 10.0 Å². The molecule has 0 aromatic heterocycles. The van der Waals surface area contributed by atoms with Gasteiger partial charge in [0.15, 0.2) is 0 Å². The second-order valence-electron chi connectivity index (χ2n) is 5.85. The molecule has 1 aliphatic carbocycles. The number of hydrogen-bond donors (Lipinski definition) is 2. The van der Waals surface area contributed by atoms with Crippen LogP contribution in [0.4, 0.5) is 30.2 Å². The molecule has 0 saturated heterocycles. The van der Waals surface area contributed by atoms with Crippen LogP contribution in [0.5, 0.6) is 0 Å². The summed E-state index contributed by atoms with van der Waals surface area (Å²) in [6.45, 7) is 0. The Morgan fingerprint density at radius 3 is 2.19 bits per heavy atom. The molecule has 0 unspecified atom stereocenters. The fourth-order valence-corrected chi connectivity index (χ4v) is 4.06. The smallest absolute Gasteiger partial charge is 0.353 e. The summed E-state index contributed by atoms with van der Waals surface area (Å²) in [7, 11) is -3.54. The molecule has 10 heteroatoms. The monoisotopic (exact) mass is 424 g/mol. The number of rotatable bonds is 5. The second-order valence-corrected chi connectivity index (χ2v) is 8.66. The minimum atomic E-state index is -4.51. The van der Waals surface area contributed by atoms with E-state index in [1.54, 1.807) is 0 Å². The predicted octanol–water partition coefficient (Wildman–Crippen LogP) is 5.66. The van der Waals surface area contributed by atoms with Crippen molar-refractivity contribution in [3.05, 3.63) is 52.0 Å². The Morgan fingerprint density at radius 1 is 0.962 bits per heavy atom. The first-order chi connectivity index (χ1) is 12.1. The standard InChI is InChI=1S/C16H13Cl2F3N2O2S/c17-10-2-6-14(15(8-10)23-26(24,25)11-3-4-11)22-13-5-1-9(7-12(13)18)16(19,20)21/h1-2,5-8,11,22-23H,3-4H2. The van der Waals surface area contributed by atoms with Crippen molar-refractivity contribution in [2.24, 2.45) is 0 Å². The molecule has 3 rings (SSSR count). The van der Waals surface area contributed by atoms with Gasteiger partial charge in [-0.3, -0.25) is 4.72 Å². The molecule has 0 bridgehead atoms. The molecule has 2 N–H and O–H groups in total. The van der Waals surface area contributed by atoms with E-state index in [9.17, 15) is 21.6 Å². The Hall–Kier alpha value is -1.64. The maximum absolute atomic E-state index is 12.7. The molecule has 0 amide bonds. The topological polar surface area (TPSA) is 58.2 Å². The first-order valence-corrected chi connectivity index (χ1v) is 9.81. The summed E-state index contributed by atoms with van der Waals surface area (Å²) >= 11 is 11.9. The van der Waals surface area contributed by atoms with E-state index in [1.807, 2.05) is 0 Å². The van der Waals surface area contributed by atoms with Crippen molar-refractivity contribution in [3.8, 4) is 0 Å². The van der Waals surface area contributed by atoms with Gasteiger partial charge >= 0.3 is 6.18 Å². The van der Waals surface area contributed by atoms with Crippen LogP contribution >= 0.6 is 23.2 Å². The summed E-state index contributed by atoms with van der Waals surface area (Å²) in [6.07, 6.45) is -3.33. The molecular weight excluding hydrogens is 412 g/mol. The van der Waals surface area contributed by atoms with Crippen LogP contribution < -0.4 is 10.0 Å². The number of hydrogen-bond acceptors (Lipinski definition) is 3. The normalized spacial score (nSPS) is 15.0. The molecule has 0 aliphatic heterocycles. The quantitative estimate of drug-likeness (QED) is 0.650. The molecule has 0 heterocycles. The summed E-state index contributed by atoms with van der Waals surface area (Å²) in [5.74, 6) is 0. The van der Waals surface area contributed by atoms with Gasteiger partial charge in [-0.05, 0) is 49.2 Å². The first-order valence-electron chi connectivity index (χ1n) is 7.51. The van der Waals surface area contributed by atoms with Gasteiger partial charge in [0.2, 0.25) is 10.0 Å². The third-order valence-corrected chi connectivity index (χ3v) is 6.16. The summed E-state index contributed by atoms with van der Waals surface area (Å²) in [6, 6.07) is 7.32. The number of benzene rings is 2. The Kier molecular flexibility index (Phi) is 5.02. The third-order valence-electron chi connectivity index (χ3n) is 3.76. The van der Waals surface area contributed by atoms with Gasteiger partial charge in [0.25, 0.3) is 0 Å². The van der Waals surface area contributed by atoms with Gasteiger partial charge in [-0.25, -0.2) is 8.42 Å². The Labute approximate surface area is 158 Å². The van der Waals surface area contributed by atoms with Crippen molar-refractivity contribution in [1.29, 1.82) is 0 Å². The Balaban J connectivity index is 1.90. The summed E-state index contributed by atoms with van der Waals surface area (Å²) in [5.41, 5.74) is -0.159. The van der Waals surface area contributed by atoms with E-state index in [2.05, 4.69) is 10.0 Å². The summed E-state index contributed by atoms with van der Waals surface area (Å²) in [5, 5.41) is 2.56. The van der Waals surface area contributed by atoms with Gasteiger partial charge in [0, 0.05) is 5.02 Å². The maximum Gasteiger partial charge on any atom is 0.416 e. The average Bonchev–Trinajstić information content (AvgIpc) is 3.35. The van der Waals surface area contributed by atoms with Crippen LogP contribution in [0.3, 0.4) is 0 Å². The van der Waals surface area contributed by atoms with E-state index in [-0.39, 0.29) is 16.4 Å². The van der Waals surface area contributed by atoms with Crippen molar-refractivity contribution < 1.29 is 21.6 Å². The highest BCUT2D eigenvalue weighted by molar-refractivity contribution is 7.93. The molecule has 1 fully saturated rings. The van der Waals surface area contributed by atoms with Crippen LogP contribution in [0.15, 0.2) is 36.4 Å². The highest BCUT2D eigenvalue weighted by Crippen LogP contribution is 2.37. The van der Waals surface area contributed by atoms with Gasteiger partial charge in [-0.15, -0.1) is 0 Å². The van der Waals surface area contributed by atoms with E-state index in [4.69, 9.17) is 23.2 Å². The largest absolute Gasteiger partial charge is 0.416 e. The molecular formula is C16H13Cl2F3N2O2S. The van der Waals surface area contributed by atoms with Gasteiger partial charge in [-0.1, -0.05) is 23.2 Å². The van der Waals surface area contributed by atoms with Crippen molar-refractivity contribution >= 4 is 50.3 Å². The van der Waals surface area contributed by atoms with E-state index < -0.39 is 27.0 Å². The molecule has 140 valence electrons. The van der Waals surface area contributed by atoms with Gasteiger partial charge < -0.3 is 5.32 Å². The number of sulfonamides is 1. The molecule has 4 nitrogen and oxygen atoms in total. The number of halogens is 5. The zero-order valence-electron chi connectivity index (χ0n) is 13.1. The number of anilines is 3. The minimum absolute atomic E-state index is 0.147. The molecule has 26 heavy (non-hydrogen) atoms. The average molecular weight is 425 g/mol. The zero-order valence-corrected chi connectivity index (χ0v) is 15.4. The van der Waals surface area contributed by atoms with Gasteiger partial charge in [0.1, 0.15) is 0 Å². The number of alkyl halides is 3. The van der Waals surface area contributed by atoms with Crippen LogP contribution in [0.25, 0.3) is 0 Å². The van der Waals surface area contributed by atoms with E-state index in [1.165, 1.54) is 24.3 Å². The van der Waals surface area contributed by atoms with Crippen LogP contribution in [-0.2, 0) is 16.2 Å². The lowest BCUT2D eigenvalue weighted by Crippen LogP contribution is -2.18. The molecule has 0 spiro atoms. The Morgan fingerprint density at radius 2 is 1.62 bits per heavy atom. The molecule has 1 aliphatic rings. The van der Waals surface area contributed by atoms with Crippen molar-refractivity contribution in [3.63, 3.8) is 0 Å². The first kappa shape index (κ1) is 19.1. The molecule has 0 radical (unpaired) electrons. The van der Waals surface area contributed by atoms with Gasteiger partial charge in [-0.2, -0.15) is 13.2 Å². The van der Waals surface area contributed by atoms with E-state index in [0.29, 0.717) is 23.6 Å². The van der Waals surface area contributed by atoms with Crippen LogP contribution in [0, 0.1) is 0 Å².